The molecule has 0 aliphatic carbocycles. The summed E-state index contributed by atoms with van der Waals surface area (Å²) in [5, 5.41) is 11.5. The number of aromatic carboxylic acids is 1. The molecule has 2 heterocycles. The van der Waals surface area contributed by atoms with Crippen LogP contribution in [0.1, 0.15) is 28.5 Å². The Kier molecular flexibility index (Phi) is 5.43. The van der Waals surface area contributed by atoms with Crippen LogP contribution in [0.5, 0.6) is 0 Å². The first kappa shape index (κ1) is 20.8. The number of anilines is 1. The van der Waals surface area contributed by atoms with Crippen molar-refractivity contribution in [1.29, 1.82) is 0 Å². The predicted molar refractivity (Wildman–Crippen MR) is 118 cm³/mol. The number of barbiturate groups is 1. The molecule has 0 spiro atoms. The zero-order chi connectivity index (χ0) is 22.8. The molecule has 32 heavy (non-hydrogen) atoms. The smallest absolute Gasteiger partial charge is 0.335 e. The highest BCUT2D eigenvalue weighted by atomic mass is 16.4. The lowest BCUT2D eigenvalue weighted by Gasteiger charge is -2.26. The normalized spacial score (nSPS) is 15.2. The molecule has 1 aromatic heterocycles. The number of rotatable bonds is 5. The van der Waals surface area contributed by atoms with Crippen LogP contribution in [0, 0.1) is 0 Å². The van der Waals surface area contributed by atoms with Gasteiger partial charge in [-0.2, -0.15) is 0 Å². The summed E-state index contributed by atoms with van der Waals surface area (Å²) in [6.07, 6.45) is 3.88. The molecule has 1 aliphatic rings. The largest absolute Gasteiger partial charge is 0.478 e. The zero-order valence-corrected chi connectivity index (χ0v) is 17.1. The van der Waals surface area contributed by atoms with Crippen molar-refractivity contribution in [2.45, 2.75) is 13.3 Å². The lowest BCUT2D eigenvalue weighted by Crippen LogP contribution is -2.54. The average Bonchev–Trinajstić information content (AvgIpc) is 3.25. The van der Waals surface area contributed by atoms with Gasteiger partial charge in [-0.25, -0.2) is 14.5 Å². The van der Waals surface area contributed by atoms with Crippen LogP contribution >= 0.6 is 0 Å². The van der Waals surface area contributed by atoms with Gasteiger partial charge in [0.05, 0.1) is 11.3 Å². The third kappa shape index (κ3) is 3.81. The van der Waals surface area contributed by atoms with Gasteiger partial charge in [0, 0.05) is 17.6 Å². The minimum absolute atomic E-state index is 0.105. The quantitative estimate of drug-likeness (QED) is 0.477. The lowest BCUT2D eigenvalue weighted by molar-refractivity contribution is -0.122. The Labute approximate surface area is 183 Å². The molecule has 0 radical (unpaired) electrons. The number of hydrogen-bond acceptors (Lipinski definition) is 4. The number of imide groups is 2. The van der Waals surface area contributed by atoms with E-state index in [1.54, 1.807) is 47.2 Å². The van der Waals surface area contributed by atoms with Crippen LogP contribution < -0.4 is 10.2 Å². The number of aromatic nitrogens is 1. The summed E-state index contributed by atoms with van der Waals surface area (Å²) in [5.41, 5.74) is 2.32. The molecule has 2 N–H and O–H groups in total. The molecular weight excluding hydrogens is 410 g/mol. The monoisotopic (exact) mass is 429 g/mol. The number of carbonyl (C=O) groups is 4. The molecule has 0 bridgehead atoms. The summed E-state index contributed by atoms with van der Waals surface area (Å²) >= 11 is 0. The second-order valence-corrected chi connectivity index (χ2v) is 7.14. The number of nitrogens with zero attached hydrogens (tertiary/aromatic N) is 2. The van der Waals surface area contributed by atoms with Gasteiger partial charge < -0.3 is 9.67 Å². The number of carbonyl (C=O) groups excluding carboxylic acids is 3. The summed E-state index contributed by atoms with van der Waals surface area (Å²) in [4.78, 5) is 50.2. The molecule has 1 fully saturated rings. The van der Waals surface area contributed by atoms with Gasteiger partial charge in [-0.3, -0.25) is 14.9 Å². The summed E-state index contributed by atoms with van der Waals surface area (Å²) in [7, 11) is 0. The van der Waals surface area contributed by atoms with E-state index in [9.17, 15) is 24.3 Å². The minimum Gasteiger partial charge on any atom is -0.478 e. The fourth-order valence-electron chi connectivity index (χ4n) is 3.46. The summed E-state index contributed by atoms with van der Waals surface area (Å²) in [6, 6.07) is 15.8. The van der Waals surface area contributed by atoms with E-state index in [0.717, 1.165) is 16.9 Å². The van der Waals surface area contributed by atoms with Crippen molar-refractivity contribution in [2.75, 3.05) is 4.90 Å². The molecule has 3 aromatic rings. The van der Waals surface area contributed by atoms with Crippen LogP contribution in [0.3, 0.4) is 0 Å². The Bertz CT molecular complexity index is 1270. The van der Waals surface area contributed by atoms with Crippen LogP contribution in [-0.4, -0.2) is 33.5 Å². The number of carboxylic acid groups (broad SMARTS) is 1. The Hall–Kier alpha value is -4.46. The van der Waals surface area contributed by atoms with E-state index < -0.39 is 23.8 Å². The summed E-state index contributed by atoms with van der Waals surface area (Å²) < 4.78 is 1.65. The van der Waals surface area contributed by atoms with Crippen LogP contribution in [0.4, 0.5) is 10.5 Å². The zero-order valence-electron chi connectivity index (χ0n) is 17.1. The van der Waals surface area contributed by atoms with Crippen LogP contribution in [0.25, 0.3) is 11.8 Å². The Morgan fingerprint density at radius 2 is 1.75 bits per heavy atom. The van der Waals surface area contributed by atoms with Gasteiger partial charge in [-0.05, 0) is 60.5 Å². The first-order chi connectivity index (χ1) is 15.4. The van der Waals surface area contributed by atoms with E-state index in [2.05, 4.69) is 5.32 Å². The van der Waals surface area contributed by atoms with E-state index in [-0.39, 0.29) is 11.1 Å². The number of carboxylic acids is 1. The van der Waals surface area contributed by atoms with Crippen LogP contribution in [0.2, 0.25) is 0 Å². The lowest BCUT2D eigenvalue weighted by atomic mass is 10.1. The fourth-order valence-corrected chi connectivity index (χ4v) is 3.46. The Morgan fingerprint density at radius 1 is 1.00 bits per heavy atom. The second kappa shape index (κ2) is 8.35. The first-order valence-electron chi connectivity index (χ1n) is 9.90. The third-order valence-electron chi connectivity index (χ3n) is 5.15. The van der Waals surface area contributed by atoms with Crippen molar-refractivity contribution in [2.24, 2.45) is 0 Å². The molecule has 1 saturated heterocycles. The summed E-state index contributed by atoms with van der Waals surface area (Å²) in [6.45, 7) is 1.99. The summed E-state index contributed by atoms with van der Waals surface area (Å²) in [5.74, 6) is -2.60. The van der Waals surface area contributed by atoms with E-state index in [4.69, 9.17) is 0 Å². The van der Waals surface area contributed by atoms with Gasteiger partial charge >= 0.3 is 12.0 Å². The maximum atomic E-state index is 13.1. The predicted octanol–water partition coefficient (Wildman–Crippen LogP) is 3.40. The number of nitrogens with one attached hydrogen (secondary N) is 1. The Balaban J connectivity index is 1.72. The van der Waals surface area contributed by atoms with Gasteiger partial charge in [0.25, 0.3) is 11.8 Å². The van der Waals surface area contributed by atoms with Gasteiger partial charge in [0.15, 0.2) is 0 Å². The van der Waals surface area contributed by atoms with Gasteiger partial charge in [0.1, 0.15) is 5.57 Å². The van der Waals surface area contributed by atoms with Crippen molar-refractivity contribution in [3.8, 4) is 5.69 Å². The van der Waals surface area contributed by atoms with Gasteiger partial charge in [-0.15, -0.1) is 0 Å². The number of benzene rings is 2. The maximum Gasteiger partial charge on any atom is 0.335 e. The molecule has 8 heteroatoms. The van der Waals surface area contributed by atoms with Crippen molar-refractivity contribution < 1.29 is 24.3 Å². The molecule has 8 nitrogen and oxygen atoms in total. The Morgan fingerprint density at radius 3 is 2.44 bits per heavy atom. The molecule has 2 aromatic carbocycles. The highest BCUT2D eigenvalue weighted by molar-refractivity contribution is 6.39. The van der Waals surface area contributed by atoms with Crippen molar-refractivity contribution >= 4 is 35.6 Å². The van der Waals surface area contributed by atoms with Gasteiger partial charge in [-0.1, -0.05) is 25.1 Å². The molecule has 160 valence electrons. The third-order valence-corrected chi connectivity index (χ3v) is 5.15. The van der Waals surface area contributed by atoms with Crippen molar-refractivity contribution in [3.05, 3.63) is 89.3 Å². The minimum atomic E-state index is -1.07. The van der Waals surface area contributed by atoms with E-state index in [1.807, 2.05) is 19.1 Å². The maximum absolute atomic E-state index is 13.1. The van der Waals surface area contributed by atoms with Crippen molar-refractivity contribution in [3.63, 3.8) is 0 Å². The van der Waals surface area contributed by atoms with E-state index in [1.165, 1.54) is 18.2 Å². The molecule has 0 unspecified atom stereocenters. The number of hydrogen-bond donors (Lipinski definition) is 2. The highest BCUT2D eigenvalue weighted by Gasteiger charge is 2.37. The number of urea groups is 1. The fraction of sp³-hybridized carbons (Fsp3) is 0.0833. The second-order valence-electron chi connectivity index (χ2n) is 7.14. The number of amides is 4. The van der Waals surface area contributed by atoms with Crippen LogP contribution in [-0.2, 0) is 16.0 Å². The van der Waals surface area contributed by atoms with E-state index >= 15 is 0 Å². The molecule has 1 aliphatic heterocycles. The average molecular weight is 429 g/mol. The van der Waals surface area contributed by atoms with E-state index in [0.29, 0.717) is 17.1 Å². The first-order valence-corrected chi connectivity index (χ1v) is 9.90. The topological polar surface area (TPSA) is 109 Å². The van der Waals surface area contributed by atoms with Crippen LogP contribution in [0.15, 0.2) is 72.4 Å². The van der Waals surface area contributed by atoms with Gasteiger partial charge in [0.2, 0.25) is 0 Å². The molecular formula is C24H19N3O5. The SMILES string of the molecule is CCc1ccc(N2C(=O)NC(=O)/C(=C\c3cccn3-c3cccc(C(=O)O)c3)C2=O)cc1. The molecule has 4 amide bonds. The molecule has 4 rings (SSSR count). The molecule has 0 atom stereocenters. The van der Waals surface area contributed by atoms with Crippen molar-refractivity contribution in [1.82, 2.24) is 9.88 Å². The standard InChI is InChI=1S/C24H19N3O5/c1-2-15-8-10-17(11-9-15)27-22(29)20(21(28)25-24(27)32)14-19-7-4-12-26(19)18-6-3-5-16(13-18)23(30)31/h3-14H,2H2,1H3,(H,30,31)(H,25,28,32)/b20-14+. The number of aryl methyl sites for hydroxylation is 1. The highest BCUT2D eigenvalue weighted by Crippen LogP contribution is 2.24. The molecule has 0 saturated carbocycles.